The van der Waals surface area contributed by atoms with Crippen molar-refractivity contribution in [3.63, 3.8) is 0 Å². The van der Waals surface area contributed by atoms with Gasteiger partial charge in [-0.25, -0.2) is 0 Å². The summed E-state index contributed by atoms with van der Waals surface area (Å²) in [4.78, 5) is 0. The number of rotatable bonds is 2. The summed E-state index contributed by atoms with van der Waals surface area (Å²) in [6.07, 6.45) is 11.8. The smallest absolute Gasteiger partial charge is 0.123 e. The Hall–Kier alpha value is -1.32. The first-order valence-corrected chi connectivity index (χ1v) is 5.78. The number of aliphatic hydroxyl groups is 2. The number of allylic oxidation sites excluding steroid dienone is 2. The number of hydrogen-bond acceptors (Lipinski definition) is 3. The summed E-state index contributed by atoms with van der Waals surface area (Å²) >= 11 is 0. The van der Waals surface area contributed by atoms with Gasteiger partial charge in [-0.3, -0.25) is 0 Å². The zero-order valence-corrected chi connectivity index (χ0v) is 10.2. The van der Waals surface area contributed by atoms with Crippen LogP contribution in [-0.2, 0) is 4.74 Å². The molecule has 2 N–H and O–H groups in total. The summed E-state index contributed by atoms with van der Waals surface area (Å²) in [5.74, 6) is 1.46. The average molecular weight is 234 g/mol. The molecule has 0 fully saturated rings. The molecule has 3 heteroatoms. The maximum Gasteiger partial charge on any atom is 0.123 e. The zero-order chi connectivity index (χ0) is 12.5. The fourth-order valence-electron chi connectivity index (χ4n) is 1.70. The van der Waals surface area contributed by atoms with E-state index in [2.05, 4.69) is 0 Å². The van der Waals surface area contributed by atoms with E-state index in [1.54, 1.807) is 38.2 Å². The van der Waals surface area contributed by atoms with Gasteiger partial charge in [0.05, 0.1) is 11.2 Å². The Morgan fingerprint density at radius 3 is 1.65 bits per heavy atom. The lowest BCUT2D eigenvalue weighted by molar-refractivity contribution is 0.108. The molecular formula is C14H18O3. The van der Waals surface area contributed by atoms with E-state index in [-0.39, 0.29) is 0 Å². The highest BCUT2D eigenvalue weighted by Gasteiger charge is 2.21. The average Bonchev–Trinajstić information content (AvgIpc) is 2.24. The molecule has 2 aliphatic rings. The zero-order valence-electron chi connectivity index (χ0n) is 10.2. The molecule has 0 radical (unpaired) electrons. The molecule has 0 amide bonds. The van der Waals surface area contributed by atoms with Crippen LogP contribution in [0.25, 0.3) is 0 Å². The van der Waals surface area contributed by atoms with E-state index < -0.39 is 11.2 Å². The second-order valence-electron chi connectivity index (χ2n) is 5.10. The van der Waals surface area contributed by atoms with Gasteiger partial charge >= 0.3 is 0 Å². The molecular weight excluding hydrogens is 216 g/mol. The highest BCUT2D eigenvalue weighted by molar-refractivity contribution is 5.28. The molecule has 0 heterocycles. The maximum atomic E-state index is 9.72. The molecule has 0 saturated carbocycles. The van der Waals surface area contributed by atoms with E-state index in [4.69, 9.17) is 4.74 Å². The third-order valence-corrected chi connectivity index (χ3v) is 2.88. The fourth-order valence-corrected chi connectivity index (χ4v) is 1.70. The number of hydrogen-bond donors (Lipinski definition) is 2. The Balaban J connectivity index is 1.97. The van der Waals surface area contributed by atoms with Crippen molar-refractivity contribution < 1.29 is 14.9 Å². The first kappa shape index (κ1) is 12.1. The summed E-state index contributed by atoms with van der Waals surface area (Å²) in [5, 5.41) is 19.4. The van der Waals surface area contributed by atoms with Gasteiger partial charge in [0.1, 0.15) is 11.5 Å². The van der Waals surface area contributed by atoms with Crippen molar-refractivity contribution in [1.29, 1.82) is 0 Å². The minimum absolute atomic E-state index is 0.549. The minimum Gasteiger partial charge on any atom is -0.458 e. The SMILES string of the molecule is CC1(O)C=CC(OC2=CCC(C)(O)C=C2)=CC1. The molecule has 17 heavy (non-hydrogen) atoms. The predicted octanol–water partition coefficient (Wildman–Crippen LogP) is 2.19. The van der Waals surface area contributed by atoms with Gasteiger partial charge in [0.15, 0.2) is 0 Å². The van der Waals surface area contributed by atoms with Crippen LogP contribution in [0, 0.1) is 0 Å². The van der Waals surface area contributed by atoms with Gasteiger partial charge in [0.25, 0.3) is 0 Å². The third-order valence-electron chi connectivity index (χ3n) is 2.88. The summed E-state index contributed by atoms with van der Waals surface area (Å²) in [5.41, 5.74) is -1.54. The van der Waals surface area contributed by atoms with Gasteiger partial charge in [0, 0.05) is 12.8 Å². The second kappa shape index (κ2) is 4.17. The summed E-state index contributed by atoms with van der Waals surface area (Å²) in [6.45, 7) is 3.52. The van der Waals surface area contributed by atoms with Gasteiger partial charge < -0.3 is 14.9 Å². The lowest BCUT2D eigenvalue weighted by Crippen LogP contribution is -2.23. The van der Waals surface area contributed by atoms with E-state index in [0.29, 0.717) is 12.8 Å². The molecule has 0 aromatic carbocycles. The second-order valence-corrected chi connectivity index (χ2v) is 5.10. The van der Waals surface area contributed by atoms with Crippen LogP contribution in [0.5, 0.6) is 0 Å². The van der Waals surface area contributed by atoms with Crippen molar-refractivity contribution in [2.24, 2.45) is 0 Å². The first-order valence-electron chi connectivity index (χ1n) is 5.78. The molecule has 3 nitrogen and oxygen atoms in total. The Bertz CT molecular complexity index is 383. The standard InChI is InChI=1S/C14H18O3/c1-13(15)7-3-11(4-8-13)17-12-5-9-14(2,16)10-6-12/h3-7,9,15-16H,8,10H2,1-2H3. The quantitative estimate of drug-likeness (QED) is 0.770. The van der Waals surface area contributed by atoms with Crippen molar-refractivity contribution in [2.45, 2.75) is 37.9 Å². The lowest BCUT2D eigenvalue weighted by atomic mass is 9.96. The van der Waals surface area contributed by atoms with E-state index in [9.17, 15) is 10.2 Å². The third kappa shape index (κ3) is 3.32. The van der Waals surface area contributed by atoms with Crippen LogP contribution in [0.3, 0.4) is 0 Å². The maximum absolute atomic E-state index is 9.72. The summed E-state index contributed by atoms with van der Waals surface area (Å²) in [6, 6.07) is 0. The van der Waals surface area contributed by atoms with E-state index in [1.165, 1.54) is 0 Å². The molecule has 0 aliphatic heterocycles. The highest BCUT2D eigenvalue weighted by Crippen LogP contribution is 2.25. The van der Waals surface area contributed by atoms with Crippen LogP contribution >= 0.6 is 0 Å². The highest BCUT2D eigenvalue weighted by atomic mass is 16.5. The molecule has 0 spiro atoms. The van der Waals surface area contributed by atoms with Gasteiger partial charge in [-0.05, 0) is 50.3 Å². The Kier molecular flexibility index (Phi) is 2.98. The minimum atomic E-state index is -0.771. The van der Waals surface area contributed by atoms with Crippen molar-refractivity contribution in [3.8, 4) is 0 Å². The molecule has 0 aromatic heterocycles. The van der Waals surface area contributed by atoms with Crippen LogP contribution in [0.15, 0.2) is 48.0 Å². The molecule has 92 valence electrons. The summed E-state index contributed by atoms with van der Waals surface area (Å²) < 4.78 is 5.65. The van der Waals surface area contributed by atoms with E-state index >= 15 is 0 Å². The van der Waals surface area contributed by atoms with E-state index in [0.717, 1.165) is 11.5 Å². The van der Waals surface area contributed by atoms with Crippen LogP contribution in [0.1, 0.15) is 26.7 Å². The van der Waals surface area contributed by atoms with Crippen molar-refractivity contribution >= 4 is 0 Å². The van der Waals surface area contributed by atoms with Gasteiger partial charge in [0.2, 0.25) is 0 Å². The lowest BCUT2D eigenvalue weighted by Gasteiger charge is -2.24. The summed E-state index contributed by atoms with van der Waals surface area (Å²) in [7, 11) is 0. The Labute approximate surface area is 101 Å². The normalized spacial score (nSPS) is 36.5. The molecule has 2 atom stereocenters. The topological polar surface area (TPSA) is 49.7 Å². The van der Waals surface area contributed by atoms with Gasteiger partial charge in [-0.1, -0.05) is 0 Å². The number of ether oxygens (including phenoxy) is 1. The Morgan fingerprint density at radius 1 is 0.941 bits per heavy atom. The molecule has 2 unspecified atom stereocenters. The Morgan fingerprint density at radius 2 is 1.35 bits per heavy atom. The van der Waals surface area contributed by atoms with Crippen LogP contribution in [0.4, 0.5) is 0 Å². The monoisotopic (exact) mass is 234 g/mol. The largest absolute Gasteiger partial charge is 0.458 e. The molecule has 2 aliphatic carbocycles. The first-order chi connectivity index (χ1) is 7.86. The molecule has 0 aromatic rings. The molecule has 0 saturated heterocycles. The molecule has 2 rings (SSSR count). The van der Waals surface area contributed by atoms with Crippen LogP contribution < -0.4 is 0 Å². The van der Waals surface area contributed by atoms with Crippen LogP contribution in [0.2, 0.25) is 0 Å². The predicted molar refractivity (Wildman–Crippen MR) is 66.0 cm³/mol. The van der Waals surface area contributed by atoms with Crippen molar-refractivity contribution in [1.82, 2.24) is 0 Å². The van der Waals surface area contributed by atoms with Gasteiger partial charge in [-0.2, -0.15) is 0 Å². The molecule has 0 bridgehead atoms. The van der Waals surface area contributed by atoms with Crippen molar-refractivity contribution in [3.05, 3.63) is 48.0 Å². The van der Waals surface area contributed by atoms with Crippen molar-refractivity contribution in [2.75, 3.05) is 0 Å². The van der Waals surface area contributed by atoms with Gasteiger partial charge in [-0.15, -0.1) is 0 Å². The van der Waals surface area contributed by atoms with Crippen LogP contribution in [-0.4, -0.2) is 21.4 Å². The fraction of sp³-hybridized carbons (Fsp3) is 0.429. The van der Waals surface area contributed by atoms with E-state index in [1.807, 2.05) is 12.2 Å².